The maximum atomic E-state index is 12.6. The van der Waals surface area contributed by atoms with Crippen LogP contribution in [0.2, 0.25) is 0 Å². The van der Waals surface area contributed by atoms with Gasteiger partial charge < -0.3 is 20.2 Å². The highest BCUT2D eigenvalue weighted by Gasteiger charge is 2.49. The van der Waals surface area contributed by atoms with E-state index in [4.69, 9.17) is 5.11 Å². The largest absolute Gasteiger partial charge is 0.481 e. The molecule has 0 saturated carbocycles. The topological polar surface area (TPSA) is 107 Å². The molecule has 3 aliphatic rings. The lowest BCUT2D eigenvalue weighted by molar-refractivity contribution is -0.162. The molecule has 0 aromatic carbocycles. The third kappa shape index (κ3) is 3.35. The number of nitrogens with zero attached hydrogens (tertiary/aromatic N) is 2. The number of nitrogens with one attached hydrogen (secondary N) is 1. The van der Waals surface area contributed by atoms with Crippen LogP contribution in [0.3, 0.4) is 0 Å². The van der Waals surface area contributed by atoms with Crippen LogP contribution in [0.1, 0.15) is 25.7 Å². The molecule has 3 aliphatic heterocycles. The van der Waals surface area contributed by atoms with Crippen molar-refractivity contribution in [3.8, 4) is 0 Å². The molecule has 3 atom stereocenters. The Bertz CT molecular complexity index is 569. The molecule has 2 N–H and O–H groups in total. The average Bonchev–Trinajstić information content (AvgIpc) is 3.02. The van der Waals surface area contributed by atoms with Crippen LogP contribution in [0.25, 0.3) is 0 Å². The van der Waals surface area contributed by atoms with E-state index in [9.17, 15) is 19.2 Å². The fourth-order valence-corrected chi connectivity index (χ4v) is 4.31. The number of amides is 3. The van der Waals surface area contributed by atoms with E-state index in [1.165, 1.54) is 0 Å². The summed E-state index contributed by atoms with van der Waals surface area (Å²) in [6.45, 7) is 1.12. The monoisotopic (exact) mass is 355 g/mol. The Morgan fingerprint density at radius 1 is 1.08 bits per heavy atom. The van der Waals surface area contributed by atoms with E-state index in [0.29, 0.717) is 25.9 Å². The number of fused-ring (bicyclic) bond motifs is 2. The summed E-state index contributed by atoms with van der Waals surface area (Å²) in [6.07, 6.45) is 2.67. The molecule has 8 nitrogen and oxygen atoms in total. The average molecular weight is 355 g/mol. The van der Waals surface area contributed by atoms with E-state index in [0.717, 1.165) is 24.6 Å². The first-order valence-electron chi connectivity index (χ1n) is 8.17. The Kier molecular flexibility index (Phi) is 4.98. The van der Waals surface area contributed by atoms with E-state index in [-0.39, 0.29) is 41.3 Å². The molecular weight excluding hydrogens is 334 g/mol. The minimum atomic E-state index is -0.951. The maximum absolute atomic E-state index is 12.6. The molecular formula is C15H21N3O5S. The fraction of sp³-hybridized carbons (Fsp3) is 0.733. The van der Waals surface area contributed by atoms with Crippen LogP contribution in [-0.2, 0) is 19.2 Å². The van der Waals surface area contributed by atoms with Gasteiger partial charge in [0.25, 0.3) is 0 Å². The van der Waals surface area contributed by atoms with E-state index in [1.54, 1.807) is 9.80 Å². The summed E-state index contributed by atoms with van der Waals surface area (Å²) in [6, 6.07) is -0.912. The molecule has 0 aromatic rings. The van der Waals surface area contributed by atoms with Gasteiger partial charge in [-0.1, -0.05) is 0 Å². The van der Waals surface area contributed by atoms with Crippen LogP contribution in [-0.4, -0.2) is 81.3 Å². The van der Waals surface area contributed by atoms with Crippen LogP contribution in [0.4, 0.5) is 0 Å². The highest BCUT2D eigenvalue weighted by Crippen LogP contribution is 2.31. The quantitative estimate of drug-likeness (QED) is 0.674. The first kappa shape index (κ1) is 17.1. The summed E-state index contributed by atoms with van der Waals surface area (Å²) in [4.78, 5) is 50.8. The standard InChI is InChI=1S/C15H21N3O5S/c19-12(7-24-8-13(20)21)16-9-3-5-18-11(6-9)15(23)17-4-1-2-10(17)14(18)22/h9-11H,1-8H2,(H,16,19)(H,20,21)/t9-,10+,11-/m0/s1. The zero-order valence-electron chi connectivity index (χ0n) is 13.3. The second kappa shape index (κ2) is 7.00. The molecule has 9 heteroatoms. The number of aliphatic carboxylic acids is 1. The summed E-state index contributed by atoms with van der Waals surface area (Å²) in [5, 5.41) is 11.4. The predicted octanol–water partition coefficient (Wildman–Crippen LogP) is -0.715. The number of hydrogen-bond acceptors (Lipinski definition) is 5. The molecule has 3 amide bonds. The van der Waals surface area contributed by atoms with Crippen LogP contribution >= 0.6 is 11.8 Å². The highest BCUT2D eigenvalue weighted by atomic mass is 32.2. The number of rotatable bonds is 5. The number of thioether (sulfide) groups is 1. The molecule has 0 aromatic heterocycles. The van der Waals surface area contributed by atoms with E-state index >= 15 is 0 Å². The van der Waals surface area contributed by atoms with Gasteiger partial charge >= 0.3 is 5.97 Å². The van der Waals surface area contributed by atoms with Gasteiger partial charge in [0.1, 0.15) is 12.1 Å². The summed E-state index contributed by atoms with van der Waals surface area (Å²) >= 11 is 1.04. The number of carbonyl (C=O) groups is 4. The molecule has 0 bridgehead atoms. The van der Waals surface area contributed by atoms with Gasteiger partial charge in [-0.15, -0.1) is 11.8 Å². The van der Waals surface area contributed by atoms with Crippen molar-refractivity contribution in [1.82, 2.24) is 15.1 Å². The molecule has 132 valence electrons. The minimum Gasteiger partial charge on any atom is -0.481 e. The number of hydrogen-bond donors (Lipinski definition) is 2. The lowest BCUT2D eigenvalue weighted by atomic mass is 9.92. The van der Waals surface area contributed by atoms with Crippen LogP contribution in [0, 0.1) is 0 Å². The molecule has 0 radical (unpaired) electrons. The number of carbonyl (C=O) groups excluding carboxylic acids is 3. The molecule has 0 spiro atoms. The lowest BCUT2D eigenvalue weighted by Gasteiger charge is -2.46. The summed E-state index contributed by atoms with van der Waals surface area (Å²) < 4.78 is 0. The lowest BCUT2D eigenvalue weighted by Crippen LogP contribution is -2.66. The Morgan fingerprint density at radius 2 is 1.79 bits per heavy atom. The smallest absolute Gasteiger partial charge is 0.313 e. The van der Waals surface area contributed by atoms with Gasteiger partial charge in [-0.2, -0.15) is 0 Å². The molecule has 24 heavy (non-hydrogen) atoms. The molecule has 3 rings (SSSR count). The summed E-state index contributed by atoms with van der Waals surface area (Å²) in [7, 11) is 0. The van der Waals surface area contributed by atoms with Crippen LogP contribution in [0.15, 0.2) is 0 Å². The first-order valence-corrected chi connectivity index (χ1v) is 9.32. The summed E-state index contributed by atoms with van der Waals surface area (Å²) in [5.74, 6) is -1.17. The van der Waals surface area contributed by atoms with Crippen molar-refractivity contribution in [1.29, 1.82) is 0 Å². The number of piperazine rings is 1. The van der Waals surface area contributed by atoms with Gasteiger partial charge in [0.2, 0.25) is 17.7 Å². The van der Waals surface area contributed by atoms with Crippen molar-refractivity contribution < 1.29 is 24.3 Å². The van der Waals surface area contributed by atoms with Gasteiger partial charge in [0, 0.05) is 19.1 Å². The number of carboxylic acid groups (broad SMARTS) is 1. The van der Waals surface area contributed by atoms with Crippen molar-refractivity contribution in [2.75, 3.05) is 24.6 Å². The van der Waals surface area contributed by atoms with Gasteiger partial charge in [0.15, 0.2) is 0 Å². The third-order valence-electron chi connectivity index (χ3n) is 4.82. The highest BCUT2D eigenvalue weighted by molar-refractivity contribution is 8.00. The Labute approximate surface area is 143 Å². The fourth-order valence-electron chi connectivity index (χ4n) is 3.76. The van der Waals surface area contributed by atoms with E-state index < -0.39 is 12.0 Å². The minimum absolute atomic E-state index is 0.00342. The number of piperidine rings is 1. The molecule has 3 fully saturated rings. The normalized spacial score (nSPS) is 29.2. The molecule has 0 aliphatic carbocycles. The van der Waals surface area contributed by atoms with E-state index in [1.807, 2.05) is 0 Å². The Balaban J connectivity index is 1.55. The summed E-state index contributed by atoms with van der Waals surface area (Å²) in [5.41, 5.74) is 0. The number of carboxylic acids is 1. The zero-order chi connectivity index (χ0) is 17.3. The SMILES string of the molecule is O=C(O)CSCC(=O)N[C@H]1CCN2C(=O)[C@H]3CCCN3C(=O)[C@@H]2C1. The third-order valence-corrected chi connectivity index (χ3v) is 5.73. The van der Waals surface area contributed by atoms with Crippen LogP contribution < -0.4 is 5.32 Å². The zero-order valence-corrected chi connectivity index (χ0v) is 14.1. The Hall–Kier alpha value is -1.77. The molecule has 0 unspecified atom stereocenters. The molecule has 3 heterocycles. The van der Waals surface area contributed by atoms with E-state index in [2.05, 4.69) is 5.32 Å². The first-order chi connectivity index (χ1) is 11.5. The van der Waals surface area contributed by atoms with Crippen LogP contribution in [0.5, 0.6) is 0 Å². The van der Waals surface area contributed by atoms with Gasteiger partial charge in [-0.25, -0.2) is 0 Å². The van der Waals surface area contributed by atoms with Crippen molar-refractivity contribution in [3.63, 3.8) is 0 Å². The second-order valence-electron chi connectivity index (χ2n) is 6.41. The second-order valence-corrected chi connectivity index (χ2v) is 7.40. The van der Waals surface area contributed by atoms with Crippen molar-refractivity contribution in [3.05, 3.63) is 0 Å². The van der Waals surface area contributed by atoms with Gasteiger partial charge in [-0.3, -0.25) is 19.2 Å². The Morgan fingerprint density at radius 3 is 2.54 bits per heavy atom. The maximum Gasteiger partial charge on any atom is 0.313 e. The molecule has 3 saturated heterocycles. The van der Waals surface area contributed by atoms with Gasteiger partial charge in [0.05, 0.1) is 11.5 Å². The van der Waals surface area contributed by atoms with Crippen molar-refractivity contribution in [2.24, 2.45) is 0 Å². The van der Waals surface area contributed by atoms with Gasteiger partial charge in [-0.05, 0) is 25.7 Å². The predicted molar refractivity (Wildman–Crippen MR) is 86.4 cm³/mol. The van der Waals surface area contributed by atoms with Crippen molar-refractivity contribution >= 4 is 35.5 Å². The van der Waals surface area contributed by atoms with Crippen molar-refractivity contribution in [2.45, 2.75) is 43.8 Å².